The molecule has 1 amide bonds. The maximum absolute atomic E-state index is 12.6. The Hall–Kier alpha value is -2.71. The van der Waals surface area contributed by atoms with E-state index in [0.29, 0.717) is 5.56 Å². The lowest BCUT2D eigenvalue weighted by Crippen LogP contribution is -2.38. The fourth-order valence-corrected chi connectivity index (χ4v) is 3.69. The number of aryl methyl sites for hydroxylation is 1. The summed E-state index contributed by atoms with van der Waals surface area (Å²) in [5.41, 5.74) is 2.26. The average Bonchev–Trinajstić information content (AvgIpc) is 2.67. The number of ketones is 1. The second-order valence-corrected chi connectivity index (χ2v) is 8.47. The summed E-state index contributed by atoms with van der Waals surface area (Å²) in [6.45, 7) is 3.27. The van der Waals surface area contributed by atoms with Gasteiger partial charge in [-0.1, -0.05) is 24.3 Å². The molecule has 0 spiro atoms. The standard InChI is InChI=1S/C20H24N2O5S/c1-14-5-6-16(11-19(14)27-4)12-21-20(24)13-22(3)28(25,26)18-9-7-17(8-10-18)15(2)23/h5-11H,12-13H2,1-4H3,(H,21,24). The zero-order valence-electron chi connectivity index (χ0n) is 16.4. The zero-order valence-corrected chi connectivity index (χ0v) is 17.2. The van der Waals surface area contributed by atoms with E-state index in [1.165, 1.54) is 38.2 Å². The summed E-state index contributed by atoms with van der Waals surface area (Å²) in [6, 6.07) is 11.2. The van der Waals surface area contributed by atoms with Gasteiger partial charge in [0.15, 0.2) is 5.78 Å². The maximum atomic E-state index is 12.6. The van der Waals surface area contributed by atoms with Crippen LogP contribution in [0.3, 0.4) is 0 Å². The van der Waals surface area contributed by atoms with Gasteiger partial charge in [0.25, 0.3) is 0 Å². The molecule has 8 heteroatoms. The summed E-state index contributed by atoms with van der Waals surface area (Å²) in [5, 5.41) is 2.70. The Kier molecular flexibility index (Phi) is 6.93. The molecule has 0 unspecified atom stereocenters. The summed E-state index contributed by atoms with van der Waals surface area (Å²) < 4.78 is 31.4. The molecule has 2 aromatic rings. The lowest BCUT2D eigenvalue weighted by molar-refractivity contribution is -0.121. The number of likely N-dealkylation sites (N-methyl/N-ethyl adjacent to an activating group) is 1. The van der Waals surface area contributed by atoms with E-state index in [2.05, 4.69) is 5.32 Å². The molecule has 0 radical (unpaired) electrons. The minimum absolute atomic E-state index is 0.0241. The van der Waals surface area contributed by atoms with Gasteiger partial charge in [-0.25, -0.2) is 8.42 Å². The molecule has 0 bridgehead atoms. The first kappa shape index (κ1) is 21.6. The molecule has 0 aliphatic heterocycles. The van der Waals surface area contributed by atoms with Gasteiger partial charge in [0.2, 0.25) is 15.9 Å². The first-order valence-electron chi connectivity index (χ1n) is 8.62. The van der Waals surface area contributed by atoms with Crippen LogP contribution in [-0.4, -0.2) is 45.1 Å². The van der Waals surface area contributed by atoms with E-state index in [1.54, 1.807) is 7.11 Å². The summed E-state index contributed by atoms with van der Waals surface area (Å²) in [5.74, 6) is 0.149. The SMILES string of the molecule is COc1cc(CNC(=O)CN(C)S(=O)(=O)c2ccc(C(C)=O)cc2)ccc1C. The summed E-state index contributed by atoms with van der Waals surface area (Å²) in [4.78, 5) is 23.5. The Morgan fingerprint density at radius 3 is 2.32 bits per heavy atom. The van der Waals surface area contributed by atoms with Gasteiger partial charge in [0.1, 0.15) is 5.75 Å². The lowest BCUT2D eigenvalue weighted by atomic mass is 10.1. The number of sulfonamides is 1. The van der Waals surface area contributed by atoms with Crippen LogP contribution in [0.4, 0.5) is 0 Å². The smallest absolute Gasteiger partial charge is 0.243 e. The van der Waals surface area contributed by atoms with Crippen LogP contribution in [-0.2, 0) is 21.4 Å². The Labute approximate surface area is 165 Å². The number of amides is 1. The number of Topliss-reactive ketones (excluding diaryl/α,β-unsaturated/α-hetero) is 1. The molecular formula is C20H24N2O5S. The Balaban J connectivity index is 1.99. The number of hydrogen-bond acceptors (Lipinski definition) is 5. The highest BCUT2D eigenvalue weighted by Gasteiger charge is 2.23. The summed E-state index contributed by atoms with van der Waals surface area (Å²) in [6.07, 6.45) is 0. The number of nitrogens with one attached hydrogen (secondary N) is 1. The van der Waals surface area contributed by atoms with E-state index >= 15 is 0 Å². The van der Waals surface area contributed by atoms with Gasteiger partial charge in [-0.3, -0.25) is 9.59 Å². The highest BCUT2D eigenvalue weighted by atomic mass is 32.2. The number of nitrogens with zero attached hydrogens (tertiary/aromatic N) is 1. The topological polar surface area (TPSA) is 92.8 Å². The maximum Gasteiger partial charge on any atom is 0.243 e. The number of ether oxygens (including phenoxy) is 1. The van der Waals surface area contributed by atoms with E-state index in [9.17, 15) is 18.0 Å². The van der Waals surface area contributed by atoms with Crippen molar-refractivity contribution in [1.82, 2.24) is 9.62 Å². The fraction of sp³-hybridized carbons (Fsp3) is 0.300. The Morgan fingerprint density at radius 1 is 1.11 bits per heavy atom. The van der Waals surface area contributed by atoms with E-state index in [4.69, 9.17) is 4.74 Å². The van der Waals surface area contributed by atoms with Crippen molar-refractivity contribution < 1.29 is 22.7 Å². The molecule has 0 aliphatic carbocycles. The third-order valence-corrected chi connectivity index (χ3v) is 6.12. The van der Waals surface area contributed by atoms with Crippen LogP contribution in [0.1, 0.15) is 28.4 Å². The van der Waals surface area contributed by atoms with Gasteiger partial charge in [0.05, 0.1) is 18.6 Å². The predicted octanol–water partition coefficient (Wildman–Crippen LogP) is 2.14. The van der Waals surface area contributed by atoms with Crippen LogP contribution in [0, 0.1) is 6.92 Å². The number of methoxy groups -OCH3 is 1. The molecular weight excluding hydrogens is 380 g/mol. The second-order valence-electron chi connectivity index (χ2n) is 6.42. The number of hydrogen-bond donors (Lipinski definition) is 1. The van der Waals surface area contributed by atoms with Gasteiger partial charge in [-0.05, 0) is 43.2 Å². The van der Waals surface area contributed by atoms with Crippen LogP contribution >= 0.6 is 0 Å². The molecule has 7 nitrogen and oxygen atoms in total. The van der Waals surface area contributed by atoms with Crippen LogP contribution in [0.2, 0.25) is 0 Å². The first-order valence-corrected chi connectivity index (χ1v) is 10.1. The Morgan fingerprint density at radius 2 is 1.75 bits per heavy atom. The van der Waals surface area contributed by atoms with Gasteiger partial charge < -0.3 is 10.1 Å². The molecule has 0 saturated heterocycles. The molecule has 2 aromatic carbocycles. The van der Waals surface area contributed by atoms with E-state index in [1.807, 2.05) is 25.1 Å². The minimum Gasteiger partial charge on any atom is -0.496 e. The van der Waals surface area contributed by atoms with Crippen molar-refractivity contribution in [2.45, 2.75) is 25.3 Å². The highest BCUT2D eigenvalue weighted by molar-refractivity contribution is 7.89. The molecule has 150 valence electrons. The average molecular weight is 404 g/mol. The van der Waals surface area contributed by atoms with Crippen molar-refractivity contribution in [3.05, 3.63) is 59.2 Å². The molecule has 0 fully saturated rings. The molecule has 0 aromatic heterocycles. The van der Waals surface area contributed by atoms with Crippen LogP contribution in [0.25, 0.3) is 0 Å². The molecule has 2 rings (SSSR count). The molecule has 0 heterocycles. The van der Waals surface area contributed by atoms with Crippen molar-refractivity contribution in [2.24, 2.45) is 0 Å². The van der Waals surface area contributed by atoms with Crippen LogP contribution in [0.15, 0.2) is 47.4 Å². The molecule has 0 atom stereocenters. The molecule has 0 saturated carbocycles. The zero-order chi connectivity index (χ0) is 20.9. The third-order valence-electron chi connectivity index (χ3n) is 4.30. The number of carbonyl (C=O) groups is 2. The van der Waals surface area contributed by atoms with Gasteiger partial charge in [0, 0.05) is 19.2 Å². The summed E-state index contributed by atoms with van der Waals surface area (Å²) in [7, 11) is -0.922. The van der Waals surface area contributed by atoms with Crippen molar-refractivity contribution in [1.29, 1.82) is 0 Å². The van der Waals surface area contributed by atoms with Gasteiger partial charge >= 0.3 is 0 Å². The molecule has 0 aliphatic rings. The van der Waals surface area contributed by atoms with Gasteiger partial charge in [-0.15, -0.1) is 0 Å². The number of benzene rings is 2. The lowest BCUT2D eigenvalue weighted by Gasteiger charge is -2.17. The fourth-order valence-electron chi connectivity index (χ4n) is 2.56. The normalized spacial score (nSPS) is 11.3. The number of rotatable bonds is 8. The van der Waals surface area contributed by atoms with E-state index in [-0.39, 0.29) is 23.8 Å². The van der Waals surface area contributed by atoms with Crippen molar-refractivity contribution in [2.75, 3.05) is 20.7 Å². The largest absolute Gasteiger partial charge is 0.496 e. The van der Waals surface area contributed by atoms with E-state index in [0.717, 1.165) is 21.2 Å². The molecule has 28 heavy (non-hydrogen) atoms. The van der Waals surface area contributed by atoms with Gasteiger partial charge in [-0.2, -0.15) is 4.31 Å². The minimum atomic E-state index is -3.83. The van der Waals surface area contributed by atoms with Crippen LogP contribution < -0.4 is 10.1 Å². The second kappa shape index (κ2) is 8.99. The van der Waals surface area contributed by atoms with Crippen molar-refractivity contribution in [3.8, 4) is 5.75 Å². The van der Waals surface area contributed by atoms with Crippen molar-refractivity contribution in [3.63, 3.8) is 0 Å². The predicted molar refractivity (Wildman–Crippen MR) is 106 cm³/mol. The quantitative estimate of drug-likeness (QED) is 0.681. The first-order chi connectivity index (χ1) is 13.1. The monoisotopic (exact) mass is 404 g/mol. The van der Waals surface area contributed by atoms with Crippen molar-refractivity contribution >= 4 is 21.7 Å². The number of carbonyl (C=O) groups excluding carboxylic acids is 2. The van der Waals surface area contributed by atoms with E-state index < -0.39 is 15.9 Å². The highest BCUT2D eigenvalue weighted by Crippen LogP contribution is 2.19. The van der Waals surface area contributed by atoms with Crippen LogP contribution in [0.5, 0.6) is 5.75 Å². The third kappa shape index (κ3) is 5.17. The summed E-state index contributed by atoms with van der Waals surface area (Å²) >= 11 is 0. The Bertz CT molecular complexity index is 969. The molecule has 1 N–H and O–H groups in total.